The van der Waals surface area contributed by atoms with Gasteiger partial charge in [-0.2, -0.15) is 4.68 Å². The summed E-state index contributed by atoms with van der Waals surface area (Å²) in [4.78, 5) is 4.32. The van der Waals surface area contributed by atoms with Gasteiger partial charge < -0.3 is 9.47 Å². The zero-order valence-electron chi connectivity index (χ0n) is 10.2. The van der Waals surface area contributed by atoms with Crippen LogP contribution in [0.5, 0.6) is 11.5 Å². The number of hydrogen-bond donors (Lipinski definition) is 0. The lowest BCUT2D eigenvalue weighted by Crippen LogP contribution is -2.00. The van der Waals surface area contributed by atoms with Gasteiger partial charge in [-0.1, -0.05) is 5.21 Å². The molecule has 3 aromatic rings. The summed E-state index contributed by atoms with van der Waals surface area (Å²) < 4.78 is 12.5. The summed E-state index contributed by atoms with van der Waals surface area (Å²) in [5, 5.41) is 8.27. The van der Waals surface area contributed by atoms with Crippen molar-refractivity contribution in [1.29, 1.82) is 0 Å². The van der Waals surface area contributed by atoms with Crippen molar-refractivity contribution in [2.75, 3.05) is 6.79 Å². The van der Waals surface area contributed by atoms with Gasteiger partial charge in [0.1, 0.15) is 5.52 Å². The molecule has 19 heavy (non-hydrogen) atoms. The first-order chi connectivity index (χ1) is 9.33. The topological polar surface area (TPSA) is 62.1 Å². The molecular formula is C13H10N4O2. The van der Waals surface area contributed by atoms with Crippen LogP contribution in [-0.2, 0) is 0 Å². The molecule has 0 saturated carbocycles. The normalized spacial score (nSPS) is 13.1. The maximum Gasteiger partial charge on any atom is 0.231 e. The second-order valence-corrected chi connectivity index (χ2v) is 4.34. The molecule has 0 atom stereocenters. The van der Waals surface area contributed by atoms with Crippen molar-refractivity contribution in [3.63, 3.8) is 0 Å². The lowest BCUT2D eigenvalue weighted by atomic mass is 10.2. The molecular weight excluding hydrogens is 244 g/mol. The summed E-state index contributed by atoms with van der Waals surface area (Å²) >= 11 is 0. The van der Waals surface area contributed by atoms with E-state index in [1.54, 1.807) is 10.9 Å². The van der Waals surface area contributed by atoms with Crippen LogP contribution >= 0.6 is 0 Å². The summed E-state index contributed by atoms with van der Waals surface area (Å²) in [6.07, 6.45) is 1.73. The van der Waals surface area contributed by atoms with Crippen LogP contribution in [-0.4, -0.2) is 26.8 Å². The number of fused-ring (bicyclic) bond motifs is 2. The van der Waals surface area contributed by atoms with Crippen LogP contribution in [0.3, 0.4) is 0 Å². The fourth-order valence-electron chi connectivity index (χ4n) is 2.19. The predicted molar refractivity (Wildman–Crippen MR) is 67.5 cm³/mol. The summed E-state index contributed by atoms with van der Waals surface area (Å²) in [7, 11) is 0. The Kier molecular flexibility index (Phi) is 2.00. The Hall–Kier alpha value is -2.63. The Morgan fingerprint density at radius 3 is 2.95 bits per heavy atom. The zero-order chi connectivity index (χ0) is 12.8. The quantitative estimate of drug-likeness (QED) is 0.663. The number of ether oxygens (including phenoxy) is 2. The molecule has 0 spiro atoms. The SMILES string of the molecule is Cc1cc2c(cc1-n1nnc3cccnc31)OCO2. The van der Waals surface area contributed by atoms with Crippen LogP contribution in [0.2, 0.25) is 0 Å². The van der Waals surface area contributed by atoms with E-state index in [4.69, 9.17) is 9.47 Å². The fourth-order valence-corrected chi connectivity index (χ4v) is 2.19. The van der Waals surface area contributed by atoms with Crippen LogP contribution in [0.15, 0.2) is 30.5 Å². The maximum atomic E-state index is 5.40. The molecule has 6 nitrogen and oxygen atoms in total. The Labute approximate surface area is 108 Å². The average molecular weight is 254 g/mol. The predicted octanol–water partition coefficient (Wildman–Crippen LogP) is 1.85. The molecule has 1 aromatic carbocycles. The fraction of sp³-hybridized carbons (Fsp3) is 0.154. The Bertz CT molecular complexity index is 781. The molecule has 0 saturated heterocycles. The number of nitrogens with zero attached hydrogens (tertiary/aromatic N) is 4. The van der Waals surface area contributed by atoms with Gasteiger partial charge in [0, 0.05) is 12.3 Å². The van der Waals surface area contributed by atoms with Gasteiger partial charge in [-0.05, 0) is 30.7 Å². The summed E-state index contributed by atoms with van der Waals surface area (Å²) in [6.45, 7) is 2.25. The van der Waals surface area contributed by atoms with E-state index in [0.717, 1.165) is 33.9 Å². The number of aromatic nitrogens is 4. The smallest absolute Gasteiger partial charge is 0.231 e. The molecule has 0 fully saturated rings. The molecule has 0 radical (unpaired) electrons. The van der Waals surface area contributed by atoms with Gasteiger partial charge in [-0.3, -0.25) is 0 Å². The van der Waals surface area contributed by atoms with Gasteiger partial charge in [-0.25, -0.2) is 4.98 Å². The third-order valence-corrected chi connectivity index (χ3v) is 3.13. The zero-order valence-corrected chi connectivity index (χ0v) is 10.2. The van der Waals surface area contributed by atoms with Gasteiger partial charge in [0.15, 0.2) is 17.1 Å². The number of pyridine rings is 1. The van der Waals surface area contributed by atoms with Crippen molar-refractivity contribution in [2.45, 2.75) is 6.92 Å². The molecule has 0 unspecified atom stereocenters. The van der Waals surface area contributed by atoms with E-state index in [0.29, 0.717) is 0 Å². The highest BCUT2D eigenvalue weighted by Crippen LogP contribution is 2.36. The van der Waals surface area contributed by atoms with Gasteiger partial charge in [0.25, 0.3) is 0 Å². The van der Waals surface area contributed by atoms with Gasteiger partial charge in [0.05, 0.1) is 5.69 Å². The number of benzene rings is 1. The first-order valence-electron chi connectivity index (χ1n) is 5.90. The number of rotatable bonds is 1. The molecule has 94 valence electrons. The molecule has 3 heterocycles. The van der Waals surface area contributed by atoms with Crippen molar-refractivity contribution < 1.29 is 9.47 Å². The minimum Gasteiger partial charge on any atom is -0.454 e. The minimum atomic E-state index is 0.259. The highest BCUT2D eigenvalue weighted by atomic mass is 16.7. The first-order valence-corrected chi connectivity index (χ1v) is 5.90. The summed E-state index contributed by atoms with van der Waals surface area (Å²) in [6, 6.07) is 7.57. The Morgan fingerprint density at radius 1 is 1.21 bits per heavy atom. The standard InChI is InChI=1S/C13H10N4O2/c1-8-5-11-12(19-7-18-11)6-10(8)17-13-9(15-16-17)3-2-4-14-13/h2-6H,7H2,1H3. The lowest BCUT2D eigenvalue weighted by Gasteiger charge is -2.07. The average Bonchev–Trinajstić information content (AvgIpc) is 3.03. The Morgan fingerprint density at radius 2 is 2.05 bits per heavy atom. The van der Waals surface area contributed by atoms with Crippen LogP contribution in [0, 0.1) is 6.92 Å². The van der Waals surface area contributed by atoms with Crippen molar-refractivity contribution in [1.82, 2.24) is 20.0 Å². The molecule has 1 aliphatic rings. The molecule has 6 heteroatoms. The van der Waals surface area contributed by atoms with E-state index in [1.165, 1.54) is 0 Å². The molecule has 1 aliphatic heterocycles. The van der Waals surface area contributed by atoms with E-state index in [2.05, 4.69) is 15.3 Å². The molecule has 2 aromatic heterocycles. The van der Waals surface area contributed by atoms with E-state index in [1.807, 2.05) is 31.2 Å². The maximum absolute atomic E-state index is 5.40. The highest BCUT2D eigenvalue weighted by Gasteiger charge is 2.18. The monoisotopic (exact) mass is 254 g/mol. The molecule has 0 N–H and O–H groups in total. The van der Waals surface area contributed by atoms with Crippen LogP contribution in [0.4, 0.5) is 0 Å². The van der Waals surface area contributed by atoms with E-state index in [9.17, 15) is 0 Å². The minimum absolute atomic E-state index is 0.259. The van der Waals surface area contributed by atoms with Crippen LogP contribution in [0.25, 0.3) is 16.9 Å². The van der Waals surface area contributed by atoms with Gasteiger partial charge in [-0.15, -0.1) is 5.10 Å². The van der Waals surface area contributed by atoms with Gasteiger partial charge in [0.2, 0.25) is 6.79 Å². The number of hydrogen-bond acceptors (Lipinski definition) is 5. The van der Waals surface area contributed by atoms with E-state index >= 15 is 0 Å². The molecule has 4 rings (SSSR count). The van der Waals surface area contributed by atoms with Gasteiger partial charge >= 0.3 is 0 Å². The lowest BCUT2D eigenvalue weighted by molar-refractivity contribution is 0.174. The van der Waals surface area contributed by atoms with Crippen molar-refractivity contribution in [3.8, 4) is 17.2 Å². The second kappa shape index (κ2) is 3.68. The third kappa shape index (κ3) is 1.46. The van der Waals surface area contributed by atoms with Crippen molar-refractivity contribution in [2.24, 2.45) is 0 Å². The van der Waals surface area contributed by atoms with Crippen molar-refractivity contribution >= 4 is 11.2 Å². The summed E-state index contributed by atoms with van der Waals surface area (Å²) in [5.41, 5.74) is 3.41. The van der Waals surface area contributed by atoms with Crippen LogP contribution < -0.4 is 9.47 Å². The molecule has 0 bridgehead atoms. The first kappa shape index (κ1) is 10.3. The number of aryl methyl sites for hydroxylation is 1. The van der Waals surface area contributed by atoms with Crippen LogP contribution in [0.1, 0.15) is 5.56 Å². The van der Waals surface area contributed by atoms with E-state index < -0.39 is 0 Å². The molecule has 0 aliphatic carbocycles. The van der Waals surface area contributed by atoms with Crippen molar-refractivity contribution in [3.05, 3.63) is 36.0 Å². The summed E-state index contributed by atoms with van der Waals surface area (Å²) in [5.74, 6) is 1.49. The largest absolute Gasteiger partial charge is 0.454 e. The van der Waals surface area contributed by atoms with E-state index in [-0.39, 0.29) is 6.79 Å². The third-order valence-electron chi connectivity index (χ3n) is 3.13. The Balaban J connectivity index is 1.97. The second-order valence-electron chi connectivity index (χ2n) is 4.34. The highest BCUT2D eigenvalue weighted by molar-refractivity contribution is 5.72. The molecule has 0 amide bonds.